The second-order valence-electron chi connectivity index (χ2n) is 5.64. The quantitative estimate of drug-likeness (QED) is 0.669. The summed E-state index contributed by atoms with van der Waals surface area (Å²) in [6, 6.07) is 19.9. The first-order chi connectivity index (χ1) is 12.6. The van der Waals surface area contributed by atoms with E-state index in [1.165, 1.54) is 0 Å². The summed E-state index contributed by atoms with van der Waals surface area (Å²) in [6.07, 6.45) is 0.637. The van der Waals surface area contributed by atoms with Crippen molar-refractivity contribution in [3.63, 3.8) is 0 Å². The minimum Gasteiger partial charge on any atom is -0.461 e. The standard InChI is InChI=1S/C20H17ClN2O3/c21-16-8-6-15(7-9-16)20(25)23-22-19(24)13-11-17-10-12-18(26-17)14-4-2-1-3-5-14/h1-10,12H,11,13H2,(H,22,24)(H,23,25). The smallest absolute Gasteiger partial charge is 0.269 e. The van der Waals surface area contributed by atoms with Crippen LogP contribution in [0.5, 0.6) is 0 Å². The van der Waals surface area contributed by atoms with Crippen molar-refractivity contribution >= 4 is 23.4 Å². The number of rotatable bonds is 5. The van der Waals surface area contributed by atoms with E-state index < -0.39 is 5.91 Å². The number of hydrogen-bond acceptors (Lipinski definition) is 3. The van der Waals surface area contributed by atoms with E-state index in [-0.39, 0.29) is 12.3 Å². The molecule has 0 fully saturated rings. The molecule has 0 aliphatic rings. The van der Waals surface area contributed by atoms with Gasteiger partial charge < -0.3 is 4.42 Å². The van der Waals surface area contributed by atoms with Crippen LogP contribution in [-0.2, 0) is 11.2 Å². The van der Waals surface area contributed by atoms with E-state index in [1.807, 2.05) is 42.5 Å². The Kier molecular flexibility index (Phi) is 5.71. The summed E-state index contributed by atoms with van der Waals surface area (Å²) in [7, 11) is 0. The zero-order valence-electron chi connectivity index (χ0n) is 13.9. The molecule has 0 radical (unpaired) electrons. The number of benzene rings is 2. The number of nitrogens with one attached hydrogen (secondary N) is 2. The Hall–Kier alpha value is -3.05. The molecule has 6 heteroatoms. The predicted octanol–water partition coefficient (Wildman–Crippen LogP) is 3.99. The van der Waals surface area contributed by atoms with Gasteiger partial charge in [0.15, 0.2) is 0 Å². The van der Waals surface area contributed by atoms with Crippen molar-refractivity contribution in [2.75, 3.05) is 0 Å². The van der Waals surface area contributed by atoms with Crippen molar-refractivity contribution in [2.24, 2.45) is 0 Å². The maximum Gasteiger partial charge on any atom is 0.269 e. The number of furan rings is 1. The zero-order valence-corrected chi connectivity index (χ0v) is 14.6. The SMILES string of the molecule is O=C(CCc1ccc(-c2ccccc2)o1)NNC(=O)c1ccc(Cl)cc1. The van der Waals surface area contributed by atoms with Gasteiger partial charge in [-0.15, -0.1) is 0 Å². The third-order valence-corrected chi connectivity index (χ3v) is 3.99. The van der Waals surface area contributed by atoms with Gasteiger partial charge in [0.05, 0.1) is 0 Å². The highest BCUT2D eigenvalue weighted by molar-refractivity contribution is 6.30. The molecule has 2 aromatic carbocycles. The lowest BCUT2D eigenvalue weighted by atomic mass is 10.2. The van der Waals surface area contributed by atoms with Crippen LogP contribution in [0.2, 0.25) is 5.02 Å². The molecule has 3 aromatic rings. The molecule has 0 atom stereocenters. The van der Waals surface area contributed by atoms with Crippen LogP contribution in [0.4, 0.5) is 0 Å². The van der Waals surface area contributed by atoms with E-state index in [4.69, 9.17) is 16.0 Å². The summed E-state index contributed by atoms with van der Waals surface area (Å²) in [4.78, 5) is 23.8. The van der Waals surface area contributed by atoms with Gasteiger partial charge in [-0.05, 0) is 36.4 Å². The predicted molar refractivity (Wildman–Crippen MR) is 99.5 cm³/mol. The lowest BCUT2D eigenvalue weighted by Crippen LogP contribution is -2.41. The molecule has 0 bridgehead atoms. The van der Waals surface area contributed by atoms with Crippen LogP contribution in [-0.4, -0.2) is 11.8 Å². The molecule has 0 aliphatic heterocycles. The van der Waals surface area contributed by atoms with Crippen LogP contribution < -0.4 is 10.9 Å². The summed E-state index contributed by atoms with van der Waals surface area (Å²) >= 11 is 5.77. The molecule has 132 valence electrons. The minimum absolute atomic E-state index is 0.197. The Morgan fingerprint density at radius 1 is 0.885 bits per heavy atom. The Morgan fingerprint density at radius 2 is 1.62 bits per heavy atom. The second kappa shape index (κ2) is 8.36. The van der Waals surface area contributed by atoms with Crippen molar-refractivity contribution < 1.29 is 14.0 Å². The molecule has 2 N–H and O–H groups in total. The average molecular weight is 369 g/mol. The number of aryl methyl sites for hydroxylation is 1. The van der Waals surface area contributed by atoms with Gasteiger partial charge in [0.1, 0.15) is 11.5 Å². The van der Waals surface area contributed by atoms with Crippen molar-refractivity contribution in [1.29, 1.82) is 0 Å². The van der Waals surface area contributed by atoms with Crippen molar-refractivity contribution in [1.82, 2.24) is 10.9 Å². The maximum atomic E-state index is 11.9. The molecular formula is C20H17ClN2O3. The summed E-state index contributed by atoms with van der Waals surface area (Å²) < 4.78 is 5.75. The van der Waals surface area contributed by atoms with Crippen LogP contribution in [0.1, 0.15) is 22.5 Å². The number of hydrazine groups is 1. The summed E-state index contributed by atoms with van der Waals surface area (Å²) in [5, 5.41) is 0.541. The van der Waals surface area contributed by atoms with E-state index in [2.05, 4.69) is 10.9 Å². The van der Waals surface area contributed by atoms with E-state index in [9.17, 15) is 9.59 Å². The Bertz CT molecular complexity index is 889. The fourth-order valence-electron chi connectivity index (χ4n) is 2.37. The lowest BCUT2D eigenvalue weighted by molar-refractivity contribution is -0.121. The first-order valence-corrected chi connectivity index (χ1v) is 8.48. The first kappa shape index (κ1) is 17.8. The number of carbonyl (C=O) groups excluding carboxylic acids is 2. The molecule has 0 aliphatic carbocycles. The number of amides is 2. The normalized spacial score (nSPS) is 10.3. The summed E-state index contributed by atoms with van der Waals surface area (Å²) in [5.74, 6) is 0.768. The molecule has 1 heterocycles. The highest BCUT2D eigenvalue weighted by Gasteiger charge is 2.09. The maximum absolute atomic E-state index is 11.9. The Labute approximate surface area is 155 Å². The molecule has 0 unspecified atom stereocenters. The van der Waals surface area contributed by atoms with Gasteiger partial charge in [0.25, 0.3) is 5.91 Å². The Morgan fingerprint density at radius 3 is 2.35 bits per heavy atom. The number of carbonyl (C=O) groups is 2. The van der Waals surface area contributed by atoms with E-state index in [0.29, 0.717) is 22.8 Å². The van der Waals surface area contributed by atoms with Crippen molar-refractivity contribution in [3.8, 4) is 11.3 Å². The van der Waals surface area contributed by atoms with Gasteiger partial charge in [0.2, 0.25) is 5.91 Å². The molecule has 0 saturated heterocycles. The van der Waals surface area contributed by atoms with E-state index in [0.717, 1.165) is 11.3 Å². The largest absolute Gasteiger partial charge is 0.461 e. The molecule has 3 rings (SSSR count). The van der Waals surface area contributed by atoms with Gasteiger partial charge >= 0.3 is 0 Å². The minimum atomic E-state index is -0.403. The van der Waals surface area contributed by atoms with Gasteiger partial charge in [0, 0.05) is 29.0 Å². The van der Waals surface area contributed by atoms with Gasteiger partial charge in [-0.25, -0.2) is 0 Å². The topological polar surface area (TPSA) is 71.3 Å². The monoisotopic (exact) mass is 368 g/mol. The van der Waals surface area contributed by atoms with Crippen LogP contribution in [0.15, 0.2) is 71.1 Å². The van der Waals surface area contributed by atoms with E-state index >= 15 is 0 Å². The van der Waals surface area contributed by atoms with Gasteiger partial charge in [-0.3, -0.25) is 20.4 Å². The van der Waals surface area contributed by atoms with Gasteiger partial charge in [-0.2, -0.15) is 0 Å². The fraction of sp³-hybridized carbons (Fsp3) is 0.100. The van der Waals surface area contributed by atoms with Crippen LogP contribution in [0.3, 0.4) is 0 Å². The molecule has 1 aromatic heterocycles. The van der Waals surface area contributed by atoms with Crippen molar-refractivity contribution in [2.45, 2.75) is 12.8 Å². The molecule has 0 spiro atoms. The van der Waals surface area contributed by atoms with Gasteiger partial charge in [-0.1, -0.05) is 41.9 Å². The highest BCUT2D eigenvalue weighted by Crippen LogP contribution is 2.22. The highest BCUT2D eigenvalue weighted by atomic mass is 35.5. The molecule has 0 saturated carbocycles. The zero-order chi connectivity index (χ0) is 18.4. The number of halogens is 1. The second-order valence-corrected chi connectivity index (χ2v) is 6.08. The molecule has 26 heavy (non-hydrogen) atoms. The average Bonchev–Trinajstić information content (AvgIpc) is 3.15. The van der Waals surface area contributed by atoms with Crippen LogP contribution in [0, 0.1) is 0 Å². The molecule has 2 amide bonds. The molecule has 5 nitrogen and oxygen atoms in total. The lowest BCUT2D eigenvalue weighted by Gasteiger charge is -2.07. The third kappa shape index (κ3) is 4.74. The Balaban J connectivity index is 1.46. The molecular weight excluding hydrogens is 352 g/mol. The summed E-state index contributed by atoms with van der Waals surface area (Å²) in [5.41, 5.74) is 6.16. The van der Waals surface area contributed by atoms with Crippen LogP contribution >= 0.6 is 11.6 Å². The van der Waals surface area contributed by atoms with Crippen LogP contribution in [0.25, 0.3) is 11.3 Å². The third-order valence-electron chi connectivity index (χ3n) is 3.74. The number of hydrogen-bond donors (Lipinski definition) is 2. The summed E-state index contributed by atoms with van der Waals surface area (Å²) in [6.45, 7) is 0. The fourth-order valence-corrected chi connectivity index (χ4v) is 2.49. The van der Waals surface area contributed by atoms with E-state index in [1.54, 1.807) is 24.3 Å². The first-order valence-electron chi connectivity index (χ1n) is 8.11. The van der Waals surface area contributed by atoms with Crippen molar-refractivity contribution in [3.05, 3.63) is 83.1 Å².